The van der Waals surface area contributed by atoms with Gasteiger partial charge in [0.05, 0.1) is 10.4 Å². The molecule has 0 radical (unpaired) electrons. The molecule has 0 atom stereocenters. The summed E-state index contributed by atoms with van der Waals surface area (Å²) in [5, 5.41) is 14.5. The van der Waals surface area contributed by atoms with E-state index in [4.69, 9.17) is 11.6 Å². The number of aromatic nitrogens is 4. The molecule has 0 unspecified atom stereocenters. The van der Waals surface area contributed by atoms with Gasteiger partial charge in [0.25, 0.3) is 0 Å². The van der Waals surface area contributed by atoms with Crippen LogP contribution in [-0.4, -0.2) is 20.0 Å². The van der Waals surface area contributed by atoms with Gasteiger partial charge in [0, 0.05) is 18.2 Å². The van der Waals surface area contributed by atoms with Crippen LogP contribution in [0.15, 0.2) is 54.3 Å². The minimum Gasteiger partial charge on any atom is -0.248 e. The average molecular weight is 307 g/mol. The lowest BCUT2D eigenvalue weighted by Crippen LogP contribution is -1.97. The number of rotatable bonds is 2. The van der Waals surface area contributed by atoms with Crippen molar-refractivity contribution >= 4 is 28.2 Å². The number of benzene rings is 1. The SMILES string of the molecule is Cn1nc(-c2ccccc2)c2c(Cl)c(C3=C=CC=C3)nnc21. The van der Waals surface area contributed by atoms with Crippen LogP contribution < -0.4 is 0 Å². The van der Waals surface area contributed by atoms with Crippen molar-refractivity contribution in [2.24, 2.45) is 7.05 Å². The largest absolute Gasteiger partial charge is 0.248 e. The van der Waals surface area contributed by atoms with E-state index in [0.717, 1.165) is 22.2 Å². The van der Waals surface area contributed by atoms with Crippen LogP contribution in [0.3, 0.4) is 0 Å². The first kappa shape index (κ1) is 13.0. The molecule has 5 heteroatoms. The van der Waals surface area contributed by atoms with Gasteiger partial charge in [-0.1, -0.05) is 48.0 Å². The summed E-state index contributed by atoms with van der Waals surface area (Å²) in [4.78, 5) is 0. The summed E-state index contributed by atoms with van der Waals surface area (Å²) in [6.45, 7) is 0. The molecule has 0 aliphatic heterocycles. The molecular weight excluding hydrogens is 296 g/mol. The maximum absolute atomic E-state index is 6.63. The fourth-order valence-corrected chi connectivity index (χ4v) is 2.85. The molecule has 2 aromatic heterocycles. The van der Waals surface area contributed by atoms with Crippen molar-refractivity contribution in [1.29, 1.82) is 0 Å². The van der Waals surface area contributed by atoms with Crippen LogP contribution in [0.25, 0.3) is 27.9 Å². The highest BCUT2D eigenvalue weighted by atomic mass is 35.5. The number of nitrogens with zero attached hydrogens (tertiary/aromatic N) is 4. The van der Waals surface area contributed by atoms with Crippen LogP contribution >= 0.6 is 11.6 Å². The van der Waals surface area contributed by atoms with Gasteiger partial charge in [0.1, 0.15) is 11.4 Å². The minimum absolute atomic E-state index is 0.555. The maximum Gasteiger partial charge on any atom is 0.182 e. The van der Waals surface area contributed by atoms with Crippen molar-refractivity contribution in [2.45, 2.75) is 0 Å². The van der Waals surface area contributed by atoms with E-state index in [0.29, 0.717) is 16.4 Å². The standard InChI is InChI=1S/C17H11ClN4/c1-22-17-13(15(21-22)11-7-3-2-4-8-11)14(18)16(19-20-17)12-9-5-6-10-12/h2-9H,1H3. The van der Waals surface area contributed by atoms with Gasteiger partial charge in [-0.05, 0) is 12.2 Å². The summed E-state index contributed by atoms with van der Waals surface area (Å²) in [5.41, 5.74) is 7.05. The summed E-state index contributed by atoms with van der Waals surface area (Å²) >= 11 is 6.63. The second-order valence-corrected chi connectivity index (χ2v) is 5.36. The first-order valence-electron chi connectivity index (χ1n) is 6.84. The Hall–Kier alpha value is -2.68. The fourth-order valence-electron chi connectivity index (χ4n) is 2.54. The van der Waals surface area contributed by atoms with Crippen molar-refractivity contribution in [2.75, 3.05) is 0 Å². The van der Waals surface area contributed by atoms with E-state index in [1.54, 1.807) is 4.68 Å². The van der Waals surface area contributed by atoms with Gasteiger partial charge in [-0.3, -0.25) is 0 Å². The normalized spacial score (nSPS) is 13.1. The second kappa shape index (κ2) is 4.95. The predicted octanol–water partition coefficient (Wildman–Crippen LogP) is 3.79. The average Bonchev–Trinajstić information content (AvgIpc) is 3.17. The lowest BCUT2D eigenvalue weighted by molar-refractivity contribution is 0.780. The van der Waals surface area contributed by atoms with E-state index in [9.17, 15) is 0 Å². The number of fused-ring (bicyclic) bond motifs is 1. The van der Waals surface area contributed by atoms with Crippen molar-refractivity contribution in [3.05, 3.63) is 65.0 Å². The molecule has 4 nitrogen and oxygen atoms in total. The van der Waals surface area contributed by atoms with E-state index >= 15 is 0 Å². The van der Waals surface area contributed by atoms with Crippen LogP contribution in [0.4, 0.5) is 0 Å². The summed E-state index contributed by atoms with van der Waals surface area (Å²) in [7, 11) is 1.84. The molecule has 22 heavy (non-hydrogen) atoms. The molecule has 3 aromatic rings. The Morgan fingerprint density at radius 3 is 2.64 bits per heavy atom. The molecule has 0 amide bonds. The summed E-state index contributed by atoms with van der Waals surface area (Å²) in [6.07, 6.45) is 5.65. The van der Waals surface area contributed by atoms with Gasteiger partial charge < -0.3 is 0 Å². The van der Waals surface area contributed by atoms with Gasteiger partial charge in [0.15, 0.2) is 5.65 Å². The Bertz CT molecular complexity index is 977. The number of aryl methyl sites for hydroxylation is 1. The molecule has 0 saturated heterocycles. The van der Waals surface area contributed by atoms with Crippen molar-refractivity contribution in [3.63, 3.8) is 0 Å². The lowest BCUT2D eigenvalue weighted by atomic mass is 10.1. The van der Waals surface area contributed by atoms with E-state index in [2.05, 4.69) is 21.0 Å². The molecule has 1 aliphatic rings. The maximum atomic E-state index is 6.63. The van der Waals surface area contributed by atoms with E-state index in [1.165, 1.54) is 0 Å². The molecule has 0 saturated carbocycles. The van der Waals surface area contributed by atoms with Crippen molar-refractivity contribution < 1.29 is 0 Å². The highest BCUT2D eigenvalue weighted by Crippen LogP contribution is 2.35. The summed E-state index contributed by atoms with van der Waals surface area (Å²) < 4.78 is 1.70. The lowest BCUT2D eigenvalue weighted by Gasteiger charge is -2.03. The van der Waals surface area contributed by atoms with Gasteiger partial charge >= 0.3 is 0 Å². The molecule has 4 rings (SSSR count). The van der Waals surface area contributed by atoms with Crippen molar-refractivity contribution in [3.8, 4) is 11.3 Å². The summed E-state index contributed by atoms with van der Waals surface area (Å²) in [6, 6.07) is 9.94. The summed E-state index contributed by atoms with van der Waals surface area (Å²) in [5.74, 6) is 0. The van der Waals surface area contributed by atoms with Gasteiger partial charge in [0.2, 0.25) is 0 Å². The molecule has 1 aliphatic carbocycles. The Morgan fingerprint density at radius 1 is 1.09 bits per heavy atom. The molecule has 0 N–H and O–H groups in total. The quantitative estimate of drug-likeness (QED) is 0.677. The third kappa shape index (κ3) is 1.90. The Labute approximate surface area is 132 Å². The van der Waals surface area contributed by atoms with Crippen LogP contribution in [0.1, 0.15) is 5.69 Å². The van der Waals surface area contributed by atoms with Crippen molar-refractivity contribution in [1.82, 2.24) is 20.0 Å². The molecule has 1 aromatic carbocycles. The topological polar surface area (TPSA) is 43.6 Å². The van der Waals surface area contributed by atoms with Gasteiger partial charge in [-0.15, -0.1) is 15.9 Å². The fraction of sp³-hybridized carbons (Fsp3) is 0.0588. The van der Waals surface area contributed by atoms with Gasteiger partial charge in [-0.25, -0.2) is 4.68 Å². The van der Waals surface area contributed by atoms with Crippen LogP contribution in [0.5, 0.6) is 0 Å². The third-order valence-corrected chi connectivity index (χ3v) is 3.96. The zero-order chi connectivity index (χ0) is 15.1. The van der Waals surface area contributed by atoms with Crippen LogP contribution in [0.2, 0.25) is 5.02 Å². The Balaban J connectivity index is 2.05. The number of hydrogen-bond donors (Lipinski definition) is 0. The first-order valence-corrected chi connectivity index (χ1v) is 7.21. The molecule has 106 valence electrons. The number of hydrogen-bond acceptors (Lipinski definition) is 3. The highest BCUT2D eigenvalue weighted by Gasteiger charge is 2.20. The first-order chi connectivity index (χ1) is 10.8. The molecule has 0 bridgehead atoms. The monoisotopic (exact) mass is 306 g/mol. The Morgan fingerprint density at radius 2 is 1.91 bits per heavy atom. The Kier molecular flexibility index (Phi) is 2.93. The molecular formula is C17H11ClN4. The molecule has 0 spiro atoms. The predicted molar refractivity (Wildman–Crippen MR) is 87.4 cm³/mol. The minimum atomic E-state index is 0.555. The zero-order valence-corrected chi connectivity index (χ0v) is 12.5. The van der Waals surface area contributed by atoms with E-state index < -0.39 is 0 Å². The van der Waals surface area contributed by atoms with E-state index in [1.807, 2.05) is 55.6 Å². The number of allylic oxidation sites excluding steroid dienone is 3. The zero-order valence-electron chi connectivity index (χ0n) is 11.8. The third-order valence-electron chi connectivity index (χ3n) is 3.59. The van der Waals surface area contributed by atoms with Gasteiger partial charge in [-0.2, -0.15) is 5.10 Å². The number of halogens is 1. The van der Waals surface area contributed by atoms with E-state index in [-0.39, 0.29) is 0 Å². The van der Waals surface area contributed by atoms with Crippen LogP contribution in [0, 0.1) is 0 Å². The highest BCUT2D eigenvalue weighted by molar-refractivity contribution is 6.37. The molecule has 2 heterocycles. The smallest absolute Gasteiger partial charge is 0.182 e. The molecule has 0 fully saturated rings. The second-order valence-electron chi connectivity index (χ2n) is 4.98. The van der Waals surface area contributed by atoms with Crippen LogP contribution in [-0.2, 0) is 7.05 Å².